The van der Waals surface area contributed by atoms with Gasteiger partial charge in [0, 0.05) is 12.7 Å². The summed E-state index contributed by atoms with van der Waals surface area (Å²) in [5.74, 6) is 0.150. The van der Waals surface area contributed by atoms with E-state index in [1.54, 1.807) is 26.1 Å². The number of nitrogens with two attached hydrogens (primary N) is 1. The first-order valence-corrected chi connectivity index (χ1v) is 6.61. The summed E-state index contributed by atoms with van der Waals surface area (Å²) < 4.78 is 28.0. The van der Waals surface area contributed by atoms with Gasteiger partial charge in [0.15, 0.2) is 0 Å². The van der Waals surface area contributed by atoms with Crippen LogP contribution >= 0.6 is 0 Å². The number of nitrogens with one attached hydrogen (secondary N) is 1. The molecule has 0 unspecified atom stereocenters. The number of sulfonamides is 1. The van der Waals surface area contributed by atoms with E-state index in [2.05, 4.69) is 14.8 Å². The van der Waals surface area contributed by atoms with E-state index in [9.17, 15) is 8.42 Å². The fourth-order valence-corrected chi connectivity index (χ4v) is 2.79. The number of anilines is 2. The summed E-state index contributed by atoms with van der Waals surface area (Å²) in [6.45, 7) is 1.70. The van der Waals surface area contributed by atoms with Crippen LogP contribution in [0, 0.1) is 6.92 Å². The molecule has 0 aliphatic rings. The highest BCUT2D eigenvalue weighted by Crippen LogP contribution is 2.20. The van der Waals surface area contributed by atoms with Crippen LogP contribution in [0.15, 0.2) is 29.4 Å². The van der Waals surface area contributed by atoms with Crippen LogP contribution in [0.3, 0.4) is 0 Å². The monoisotopic (exact) mass is 267 g/mol. The van der Waals surface area contributed by atoms with Gasteiger partial charge >= 0.3 is 0 Å². The van der Waals surface area contributed by atoms with E-state index >= 15 is 0 Å². The molecule has 8 heteroatoms. The SMILES string of the molecule is Cc1ccc(N)cc1S(=O)(=O)Nc1ncnn1C. The van der Waals surface area contributed by atoms with Gasteiger partial charge in [-0.2, -0.15) is 10.1 Å². The van der Waals surface area contributed by atoms with Gasteiger partial charge in [0.05, 0.1) is 4.90 Å². The molecule has 0 bridgehead atoms. The van der Waals surface area contributed by atoms with E-state index in [0.717, 1.165) is 0 Å². The van der Waals surface area contributed by atoms with Crippen LogP contribution in [0.4, 0.5) is 11.6 Å². The maximum atomic E-state index is 12.2. The second kappa shape index (κ2) is 4.30. The molecule has 0 radical (unpaired) electrons. The lowest BCUT2D eigenvalue weighted by molar-refractivity contribution is 0.599. The second-order valence-electron chi connectivity index (χ2n) is 3.84. The van der Waals surface area contributed by atoms with Gasteiger partial charge in [0.25, 0.3) is 10.0 Å². The molecule has 0 fully saturated rings. The van der Waals surface area contributed by atoms with Crippen molar-refractivity contribution in [2.75, 3.05) is 10.5 Å². The van der Waals surface area contributed by atoms with Gasteiger partial charge in [-0.1, -0.05) is 6.07 Å². The molecule has 2 aromatic rings. The third-order valence-electron chi connectivity index (χ3n) is 2.44. The summed E-state index contributed by atoms with van der Waals surface area (Å²) in [5.41, 5.74) is 6.60. The van der Waals surface area contributed by atoms with Gasteiger partial charge < -0.3 is 5.73 Å². The quantitative estimate of drug-likeness (QED) is 0.788. The van der Waals surface area contributed by atoms with Crippen LogP contribution in [-0.2, 0) is 17.1 Å². The highest BCUT2D eigenvalue weighted by Gasteiger charge is 2.19. The van der Waals surface area contributed by atoms with Crippen LogP contribution < -0.4 is 10.5 Å². The first kappa shape index (κ1) is 12.4. The molecular weight excluding hydrogens is 254 g/mol. The standard InChI is InChI=1S/C10H13N5O2S/c1-7-3-4-8(11)5-9(7)18(16,17)14-10-12-6-13-15(10)2/h3-6H,11H2,1-2H3,(H,12,13,14). The van der Waals surface area contributed by atoms with Crippen molar-refractivity contribution in [2.45, 2.75) is 11.8 Å². The summed E-state index contributed by atoms with van der Waals surface area (Å²) in [7, 11) is -2.12. The van der Waals surface area contributed by atoms with Gasteiger partial charge in [-0.15, -0.1) is 0 Å². The first-order chi connectivity index (χ1) is 8.40. The number of benzene rings is 1. The average Bonchev–Trinajstić information content (AvgIpc) is 2.67. The molecule has 0 atom stereocenters. The van der Waals surface area contributed by atoms with E-state index in [-0.39, 0.29) is 10.8 Å². The van der Waals surface area contributed by atoms with Crippen molar-refractivity contribution in [1.82, 2.24) is 14.8 Å². The molecule has 1 heterocycles. The number of rotatable bonds is 3. The predicted molar refractivity (Wildman–Crippen MR) is 67.4 cm³/mol. The Bertz CT molecular complexity index is 677. The molecule has 3 N–H and O–H groups in total. The zero-order valence-electron chi connectivity index (χ0n) is 9.95. The Morgan fingerprint density at radius 1 is 1.39 bits per heavy atom. The molecular formula is C10H13N5O2S. The van der Waals surface area contributed by atoms with E-state index in [4.69, 9.17) is 5.73 Å². The van der Waals surface area contributed by atoms with E-state index in [1.165, 1.54) is 17.1 Å². The van der Waals surface area contributed by atoms with E-state index in [0.29, 0.717) is 11.3 Å². The molecule has 0 amide bonds. The molecule has 1 aromatic carbocycles. The van der Waals surface area contributed by atoms with Crippen molar-refractivity contribution in [2.24, 2.45) is 7.05 Å². The Balaban J connectivity index is 2.43. The number of nitrogens with zero attached hydrogens (tertiary/aromatic N) is 3. The number of nitrogen functional groups attached to an aromatic ring is 1. The zero-order chi connectivity index (χ0) is 13.3. The van der Waals surface area contributed by atoms with Crippen LogP contribution in [0.5, 0.6) is 0 Å². The van der Waals surface area contributed by atoms with Gasteiger partial charge in [-0.05, 0) is 24.6 Å². The molecule has 0 saturated heterocycles. The molecule has 7 nitrogen and oxygen atoms in total. The lowest BCUT2D eigenvalue weighted by Crippen LogP contribution is -2.17. The third-order valence-corrected chi connectivity index (χ3v) is 3.91. The maximum absolute atomic E-state index is 12.2. The Morgan fingerprint density at radius 3 is 2.72 bits per heavy atom. The predicted octanol–water partition coefficient (Wildman–Crippen LogP) is 0.507. The molecule has 18 heavy (non-hydrogen) atoms. The summed E-state index contributed by atoms with van der Waals surface area (Å²) in [4.78, 5) is 3.94. The van der Waals surface area contributed by atoms with Crippen LogP contribution in [0.25, 0.3) is 0 Å². The topological polar surface area (TPSA) is 103 Å². The Morgan fingerprint density at radius 2 is 2.11 bits per heavy atom. The molecule has 1 aromatic heterocycles. The maximum Gasteiger partial charge on any atom is 0.264 e. The van der Waals surface area contributed by atoms with Crippen molar-refractivity contribution in [1.29, 1.82) is 0 Å². The molecule has 0 saturated carbocycles. The third kappa shape index (κ3) is 2.28. The number of aryl methyl sites for hydroxylation is 2. The van der Waals surface area contributed by atoms with Gasteiger partial charge in [-0.25, -0.2) is 17.8 Å². The minimum Gasteiger partial charge on any atom is -0.399 e. The van der Waals surface area contributed by atoms with Gasteiger partial charge in [-0.3, -0.25) is 0 Å². The number of hydrogen-bond acceptors (Lipinski definition) is 5. The van der Waals surface area contributed by atoms with E-state index in [1.807, 2.05) is 0 Å². The van der Waals surface area contributed by atoms with Crippen LogP contribution in [-0.4, -0.2) is 23.2 Å². The zero-order valence-corrected chi connectivity index (χ0v) is 10.8. The van der Waals surface area contributed by atoms with Gasteiger partial charge in [0.2, 0.25) is 5.95 Å². The largest absolute Gasteiger partial charge is 0.399 e. The Hall–Kier alpha value is -2.09. The van der Waals surface area contributed by atoms with E-state index < -0.39 is 10.0 Å². The molecule has 0 aliphatic heterocycles. The van der Waals surface area contributed by atoms with Crippen LogP contribution in [0.2, 0.25) is 0 Å². The highest BCUT2D eigenvalue weighted by molar-refractivity contribution is 7.92. The summed E-state index contributed by atoms with van der Waals surface area (Å²) in [5, 5.41) is 3.79. The minimum absolute atomic E-state index is 0.130. The normalized spacial score (nSPS) is 11.4. The van der Waals surface area contributed by atoms with Crippen molar-refractivity contribution in [3.63, 3.8) is 0 Å². The molecule has 0 spiro atoms. The highest BCUT2D eigenvalue weighted by atomic mass is 32.2. The van der Waals surface area contributed by atoms with Crippen molar-refractivity contribution in [3.8, 4) is 0 Å². The van der Waals surface area contributed by atoms with Crippen molar-refractivity contribution in [3.05, 3.63) is 30.1 Å². The minimum atomic E-state index is -3.71. The van der Waals surface area contributed by atoms with Crippen LogP contribution in [0.1, 0.15) is 5.56 Å². The fourth-order valence-electron chi connectivity index (χ4n) is 1.47. The Labute approximate surface area is 105 Å². The number of aromatic nitrogens is 3. The lowest BCUT2D eigenvalue weighted by Gasteiger charge is -2.09. The van der Waals surface area contributed by atoms with Crippen molar-refractivity contribution < 1.29 is 8.42 Å². The fraction of sp³-hybridized carbons (Fsp3) is 0.200. The smallest absolute Gasteiger partial charge is 0.264 e. The Kier molecular flexibility index (Phi) is 2.95. The lowest BCUT2D eigenvalue weighted by atomic mass is 10.2. The summed E-state index contributed by atoms with van der Waals surface area (Å²) >= 11 is 0. The summed E-state index contributed by atoms with van der Waals surface area (Å²) in [6, 6.07) is 4.71. The molecule has 0 aliphatic carbocycles. The average molecular weight is 267 g/mol. The van der Waals surface area contributed by atoms with Crippen molar-refractivity contribution >= 4 is 21.7 Å². The second-order valence-corrected chi connectivity index (χ2v) is 5.49. The van der Waals surface area contributed by atoms with Gasteiger partial charge in [0.1, 0.15) is 6.33 Å². The number of hydrogen-bond donors (Lipinski definition) is 2. The molecule has 2 rings (SSSR count). The summed E-state index contributed by atoms with van der Waals surface area (Å²) in [6.07, 6.45) is 1.27. The first-order valence-electron chi connectivity index (χ1n) is 5.13. The molecule has 96 valence electrons.